The number of likely N-dealkylation sites (N-methyl/N-ethyl adjacent to an activating group) is 1. The fourth-order valence-corrected chi connectivity index (χ4v) is 0.318. The van der Waals surface area contributed by atoms with Crippen LogP contribution in [0.25, 0.3) is 0 Å². The van der Waals surface area contributed by atoms with E-state index in [0.29, 0.717) is 6.61 Å². The van der Waals surface area contributed by atoms with Gasteiger partial charge in [-0.3, -0.25) is 4.79 Å². The minimum atomic E-state index is 0.0110. The first-order valence-corrected chi connectivity index (χ1v) is 2.96. The zero-order valence-corrected chi connectivity index (χ0v) is 6.18. The number of hydrogen-bond donors (Lipinski definition) is 0. The number of carbonyl (C=O) groups excluding carboxylic acids is 1. The molecule has 0 rings (SSSR count). The molecule has 0 spiro atoms. The van der Waals surface area contributed by atoms with Gasteiger partial charge in [-0.25, -0.2) is 0 Å². The van der Waals surface area contributed by atoms with E-state index in [9.17, 15) is 4.79 Å². The highest BCUT2D eigenvalue weighted by Gasteiger charge is 2.00. The molecule has 0 heterocycles. The van der Waals surface area contributed by atoms with Crippen LogP contribution in [0.5, 0.6) is 0 Å². The van der Waals surface area contributed by atoms with Crippen LogP contribution in [0, 0.1) is 0 Å². The molecule has 0 aliphatic heterocycles. The van der Waals surface area contributed by atoms with Gasteiger partial charge in [0.1, 0.15) is 6.61 Å². The summed E-state index contributed by atoms with van der Waals surface area (Å²) in [6.45, 7) is 2.66. The molecule has 3 heteroatoms. The standard InChI is InChI=1S/C6H13NO2/c1-4-9-5-6(8)7(2)3/h4-5H2,1-3H3. The molecule has 0 atom stereocenters. The zero-order valence-electron chi connectivity index (χ0n) is 6.18. The van der Waals surface area contributed by atoms with E-state index in [1.54, 1.807) is 14.1 Å². The third-order valence-corrected chi connectivity index (χ3v) is 0.928. The Labute approximate surface area is 55.6 Å². The van der Waals surface area contributed by atoms with Crippen LogP contribution in [0.3, 0.4) is 0 Å². The molecule has 0 aromatic heterocycles. The van der Waals surface area contributed by atoms with Gasteiger partial charge in [0.05, 0.1) is 0 Å². The molecule has 0 N–H and O–H groups in total. The Morgan fingerprint density at radius 1 is 1.56 bits per heavy atom. The highest BCUT2D eigenvalue weighted by Crippen LogP contribution is 1.79. The maximum atomic E-state index is 10.7. The molecule has 0 aliphatic rings. The van der Waals surface area contributed by atoms with E-state index < -0.39 is 0 Å². The lowest BCUT2D eigenvalue weighted by Crippen LogP contribution is -2.26. The quantitative estimate of drug-likeness (QED) is 0.544. The van der Waals surface area contributed by atoms with Crippen LogP contribution in [0.15, 0.2) is 0 Å². The molecule has 3 nitrogen and oxygen atoms in total. The maximum Gasteiger partial charge on any atom is 0.248 e. The molecular formula is C6H13NO2. The van der Waals surface area contributed by atoms with Crippen LogP contribution in [0.4, 0.5) is 0 Å². The van der Waals surface area contributed by atoms with Crippen molar-refractivity contribution < 1.29 is 9.53 Å². The van der Waals surface area contributed by atoms with Crippen molar-refractivity contribution >= 4 is 5.91 Å². The summed E-state index contributed by atoms with van der Waals surface area (Å²) < 4.78 is 4.87. The lowest BCUT2D eigenvalue weighted by Gasteiger charge is -2.08. The van der Waals surface area contributed by atoms with Gasteiger partial charge in [-0.15, -0.1) is 0 Å². The molecule has 0 saturated heterocycles. The van der Waals surface area contributed by atoms with E-state index in [1.807, 2.05) is 6.92 Å². The van der Waals surface area contributed by atoms with E-state index in [0.717, 1.165) is 0 Å². The molecule has 54 valence electrons. The number of carbonyl (C=O) groups is 1. The first kappa shape index (κ1) is 8.43. The van der Waals surface area contributed by atoms with Crippen molar-refractivity contribution in [2.45, 2.75) is 6.92 Å². The smallest absolute Gasteiger partial charge is 0.248 e. The average Bonchev–Trinajstić information content (AvgIpc) is 1.82. The lowest BCUT2D eigenvalue weighted by atomic mass is 10.6. The highest BCUT2D eigenvalue weighted by molar-refractivity contribution is 5.76. The van der Waals surface area contributed by atoms with Gasteiger partial charge in [-0.2, -0.15) is 0 Å². The van der Waals surface area contributed by atoms with E-state index in [-0.39, 0.29) is 12.5 Å². The van der Waals surface area contributed by atoms with Crippen LogP contribution in [0.2, 0.25) is 0 Å². The second-order valence-corrected chi connectivity index (χ2v) is 1.93. The van der Waals surface area contributed by atoms with Crippen LogP contribution >= 0.6 is 0 Å². The van der Waals surface area contributed by atoms with Gasteiger partial charge in [0.15, 0.2) is 0 Å². The molecule has 0 aliphatic carbocycles. The van der Waals surface area contributed by atoms with Gasteiger partial charge in [0.2, 0.25) is 5.91 Å². The van der Waals surface area contributed by atoms with Crippen LogP contribution in [-0.2, 0) is 9.53 Å². The number of nitrogens with zero attached hydrogens (tertiary/aromatic N) is 1. The minimum Gasteiger partial charge on any atom is -0.372 e. The molecule has 9 heavy (non-hydrogen) atoms. The average molecular weight is 131 g/mol. The van der Waals surface area contributed by atoms with Gasteiger partial charge >= 0.3 is 0 Å². The number of rotatable bonds is 3. The maximum absolute atomic E-state index is 10.7. The zero-order chi connectivity index (χ0) is 7.28. The Morgan fingerprint density at radius 2 is 2.11 bits per heavy atom. The van der Waals surface area contributed by atoms with Gasteiger partial charge in [-0.1, -0.05) is 0 Å². The molecule has 0 bridgehead atoms. The SMILES string of the molecule is CCOCC(=O)N(C)C. The first-order chi connectivity index (χ1) is 4.18. The van der Waals surface area contributed by atoms with Gasteiger partial charge < -0.3 is 9.64 Å². The van der Waals surface area contributed by atoms with E-state index in [2.05, 4.69) is 0 Å². The van der Waals surface area contributed by atoms with Crippen molar-refractivity contribution in [3.05, 3.63) is 0 Å². The highest BCUT2D eigenvalue weighted by atomic mass is 16.5. The second kappa shape index (κ2) is 4.32. The predicted molar refractivity (Wildman–Crippen MR) is 35.2 cm³/mol. The predicted octanol–water partition coefficient (Wildman–Crippen LogP) is 0.111. The molecule has 0 saturated carbocycles. The fourth-order valence-electron chi connectivity index (χ4n) is 0.318. The molecular weight excluding hydrogens is 118 g/mol. The third-order valence-electron chi connectivity index (χ3n) is 0.928. The summed E-state index contributed by atoms with van der Waals surface area (Å²) in [5, 5.41) is 0. The number of amides is 1. The van der Waals surface area contributed by atoms with Crippen molar-refractivity contribution in [1.82, 2.24) is 4.90 Å². The summed E-state index contributed by atoms with van der Waals surface area (Å²) in [5.41, 5.74) is 0. The first-order valence-electron chi connectivity index (χ1n) is 2.96. The molecule has 0 aromatic carbocycles. The van der Waals surface area contributed by atoms with Gasteiger partial charge in [0, 0.05) is 20.7 Å². The Hall–Kier alpha value is -0.570. The van der Waals surface area contributed by atoms with Gasteiger partial charge in [-0.05, 0) is 6.92 Å². The Kier molecular flexibility index (Phi) is 4.05. The van der Waals surface area contributed by atoms with Crippen LogP contribution in [0.1, 0.15) is 6.92 Å². The minimum absolute atomic E-state index is 0.0110. The fraction of sp³-hybridized carbons (Fsp3) is 0.833. The lowest BCUT2D eigenvalue weighted by molar-refractivity contribution is -0.133. The summed E-state index contributed by atoms with van der Waals surface area (Å²) in [7, 11) is 3.42. The topological polar surface area (TPSA) is 29.5 Å². The number of ether oxygens (including phenoxy) is 1. The third kappa shape index (κ3) is 3.97. The van der Waals surface area contributed by atoms with E-state index in [1.165, 1.54) is 4.90 Å². The largest absolute Gasteiger partial charge is 0.372 e. The van der Waals surface area contributed by atoms with Crippen LogP contribution < -0.4 is 0 Å². The molecule has 1 amide bonds. The summed E-state index contributed by atoms with van der Waals surface area (Å²) in [4.78, 5) is 12.2. The molecule has 0 fully saturated rings. The Bertz CT molecular complexity index is 91.1. The monoisotopic (exact) mass is 131 g/mol. The van der Waals surface area contributed by atoms with Crippen LogP contribution in [-0.4, -0.2) is 38.1 Å². The Morgan fingerprint density at radius 3 is 2.44 bits per heavy atom. The Balaban J connectivity index is 3.28. The molecule has 0 unspecified atom stereocenters. The summed E-state index contributed by atoms with van der Waals surface area (Å²) >= 11 is 0. The summed E-state index contributed by atoms with van der Waals surface area (Å²) in [5.74, 6) is 0.0110. The van der Waals surface area contributed by atoms with E-state index in [4.69, 9.17) is 4.74 Å². The van der Waals surface area contributed by atoms with Gasteiger partial charge in [0.25, 0.3) is 0 Å². The summed E-state index contributed by atoms with van der Waals surface area (Å²) in [6, 6.07) is 0. The van der Waals surface area contributed by atoms with Crippen molar-refractivity contribution in [3.63, 3.8) is 0 Å². The number of hydrogen-bond acceptors (Lipinski definition) is 2. The van der Waals surface area contributed by atoms with Crippen molar-refractivity contribution in [3.8, 4) is 0 Å². The van der Waals surface area contributed by atoms with Crippen molar-refractivity contribution in [2.75, 3.05) is 27.3 Å². The van der Waals surface area contributed by atoms with E-state index >= 15 is 0 Å². The second-order valence-electron chi connectivity index (χ2n) is 1.93. The normalized spacial score (nSPS) is 9.22. The van der Waals surface area contributed by atoms with Crippen molar-refractivity contribution in [2.24, 2.45) is 0 Å². The van der Waals surface area contributed by atoms with Crippen molar-refractivity contribution in [1.29, 1.82) is 0 Å². The molecule has 0 radical (unpaired) electrons. The molecule has 0 aromatic rings. The summed E-state index contributed by atoms with van der Waals surface area (Å²) in [6.07, 6.45) is 0.